The Labute approximate surface area is 147 Å². The fourth-order valence-corrected chi connectivity index (χ4v) is 2.94. The van der Waals surface area contributed by atoms with Crippen molar-refractivity contribution in [3.63, 3.8) is 0 Å². The maximum atomic E-state index is 5.03. The first-order chi connectivity index (χ1) is 11.4. The molecule has 0 atom stereocenters. The first kappa shape index (κ1) is 18.4. The van der Waals surface area contributed by atoms with Crippen LogP contribution in [0.2, 0.25) is 0 Å². The third-order valence-electron chi connectivity index (χ3n) is 4.31. The van der Waals surface area contributed by atoms with Crippen molar-refractivity contribution in [1.82, 2.24) is 4.98 Å². The summed E-state index contributed by atoms with van der Waals surface area (Å²) in [5.41, 5.74) is 6.86. The van der Waals surface area contributed by atoms with Gasteiger partial charge in [-0.3, -0.25) is 9.98 Å². The van der Waals surface area contributed by atoms with Crippen LogP contribution in [0.4, 0.5) is 5.69 Å². The van der Waals surface area contributed by atoms with Crippen LogP contribution in [-0.4, -0.2) is 10.7 Å². The molecule has 2 nitrogen and oxygen atoms in total. The van der Waals surface area contributed by atoms with Crippen molar-refractivity contribution in [2.24, 2.45) is 4.99 Å². The van der Waals surface area contributed by atoms with Crippen LogP contribution in [-0.2, 0) is 6.42 Å². The van der Waals surface area contributed by atoms with Gasteiger partial charge in [0.05, 0.1) is 17.1 Å². The lowest BCUT2D eigenvalue weighted by atomic mass is 9.93. The van der Waals surface area contributed by atoms with E-state index < -0.39 is 0 Å². The molecule has 0 radical (unpaired) electrons. The highest BCUT2D eigenvalue weighted by atomic mass is 14.8. The van der Waals surface area contributed by atoms with Gasteiger partial charge in [0.1, 0.15) is 0 Å². The van der Waals surface area contributed by atoms with Gasteiger partial charge in [0.2, 0.25) is 0 Å². The van der Waals surface area contributed by atoms with Crippen molar-refractivity contribution in [2.75, 3.05) is 0 Å². The summed E-state index contributed by atoms with van der Waals surface area (Å²) in [5, 5.41) is 0. The van der Waals surface area contributed by atoms with E-state index in [1.54, 1.807) is 0 Å². The minimum Gasteiger partial charge on any atom is -0.252 e. The lowest BCUT2D eigenvalue weighted by Crippen LogP contribution is -2.03. The third kappa shape index (κ3) is 4.31. The van der Waals surface area contributed by atoms with E-state index in [4.69, 9.17) is 9.98 Å². The molecule has 0 aliphatic heterocycles. The summed E-state index contributed by atoms with van der Waals surface area (Å²) in [6.07, 6.45) is 2.13. The Balaban J connectivity index is 2.51. The maximum Gasteiger partial charge on any atom is 0.0845 e. The maximum absolute atomic E-state index is 5.03. The molecule has 0 amide bonds. The van der Waals surface area contributed by atoms with Gasteiger partial charge in [-0.2, -0.15) is 0 Å². The molecule has 0 unspecified atom stereocenters. The summed E-state index contributed by atoms with van der Waals surface area (Å²) in [6.45, 7) is 13.2. The smallest absolute Gasteiger partial charge is 0.0845 e. The Hall–Kier alpha value is -1.96. The highest BCUT2D eigenvalue weighted by molar-refractivity contribution is 5.99. The summed E-state index contributed by atoms with van der Waals surface area (Å²) in [7, 11) is 0. The highest BCUT2D eigenvalue weighted by Gasteiger charge is 2.14. The van der Waals surface area contributed by atoms with Crippen LogP contribution in [0, 0.1) is 0 Å². The number of rotatable bonds is 6. The largest absolute Gasteiger partial charge is 0.252 e. The van der Waals surface area contributed by atoms with E-state index in [0.29, 0.717) is 11.8 Å². The summed E-state index contributed by atoms with van der Waals surface area (Å²) in [4.78, 5) is 9.80. The highest BCUT2D eigenvalue weighted by Crippen LogP contribution is 2.35. The molecule has 0 aliphatic rings. The molecule has 1 heterocycles. The molecular formula is C22H30N2. The number of benzene rings is 1. The Kier molecular flexibility index (Phi) is 6.30. The topological polar surface area (TPSA) is 25.2 Å². The van der Waals surface area contributed by atoms with Crippen LogP contribution in [0.3, 0.4) is 0 Å². The van der Waals surface area contributed by atoms with Crippen molar-refractivity contribution in [1.29, 1.82) is 0 Å². The third-order valence-corrected chi connectivity index (χ3v) is 4.31. The quantitative estimate of drug-likeness (QED) is 0.563. The van der Waals surface area contributed by atoms with Gasteiger partial charge in [-0.1, -0.05) is 65.3 Å². The van der Waals surface area contributed by atoms with Crippen LogP contribution in [0.1, 0.15) is 82.3 Å². The first-order valence-electron chi connectivity index (χ1n) is 9.08. The average Bonchev–Trinajstić information content (AvgIpc) is 2.55. The predicted molar refractivity (Wildman–Crippen MR) is 105 cm³/mol. The van der Waals surface area contributed by atoms with Gasteiger partial charge in [0, 0.05) is 5.69 Å². The zero-order valence-electron chi connectivity index (χ0n) is 15.9. The lowest BCUT2D eigenvalue weighted by Gasteiger charge is -2.17. The molecule has 24 heavy (non-hydrogen) atoms. The second kappa shape index (κ2) is 8.23. The normalized spacial score (nSPS) is 12.2. The van der Waals surface area contributed by atoms with E-state index in [9.17, 15) is 0 Å². The van der Waals surface area contributed by atoms with Crippen LogP contribution in [0.15, 0.2) is 41.4 Å². The Morgan fingerprint density at radius 3 is 2.08 bits per heavy atom. The number of hydrogen-bond donors (Lipinski definition) is 0. The summed E-state index contributed by atoms with van der Waals surface area (Å²) in [6, 6.07) is 12.8. The first-order valence-corrected chi connectivity index (χ1v) is 9.08. The molecule has 2 heteroatoms. The van der Waals surface area contributed by atoms with Crippen LogP contribution >= 0.6 is 0 Å². The van der Waals surface area contributed by atoms with Crippen LogP contribution < -0.4 is 0 Å². The van der Waals surface area contributed by atoms with Crippen LogP contribution in [0.5, 0.6) is 0 Å². The minimum absolute atomic E-state index is 0.453. The van der Waals surface area contributed by atoms with Crippen molar-refractivity contribution in [2.45, 2.75) is 66.2 Å². The monoisotopic (exact) mass is 322 g/mol. The number of aliphatic imine (C=N–C) groups is 1. The number of nitrogens with zero attached hydrogens (tertiary/aromatic N) is 2. The average molecular weight is 322 g/mol. The summed E-state index contributed by atoms with van der Waals surface area (Å²) < 4.78 is 0. The molecule has 2 aromatic rings. The van der Waals surface area contributed by atoms with Crippen molar-refractivity contribution in [3.05, 3.63) is 58.9 Å². The lowest BCUT2D eigenvalue weighted by molar-refractivity contribution is 0.834. The van der Waals surface area contributed by atoms with Gasteiger partial charge in [0.15, 0.2) is 0 Å². The Morgan fingerprint density at radius 2 is 1.54 bits per heavy atom. The predicted octanol–water partition coefficient (Wildman–Crippen LogP) is 6.42. The van der Waals surface area contributed by atoms with E-state index >= 15 is 0 Å². The number of para-hydroxylation sites is 1. The number of pyridine rings is 1. The van der Waals surface area contributed by atoms with Crippen molar-refractivity contribution >= 4 is 11.4 Å². The number of aromatic nitrogens is 1. The molecule has 128 valence electrons. The Morgan fingerprint density at radius 1 is 0.958 bits per heavy atom. The second-order valence-electron chi connectivity index (χ2n) is 7.06. The standard InChI is InChI=1S/C22H30N2/c1-7-10-18-11-8-14-21(24-18)17(6)23-22-19(15(2)3)12-9-13-20(22)16(4)5/h8-9,11-16H,7,10H2,1-6H3/b23-17+. The van der Waals surface area contributed by atoms with E-state index in [-0.39, 0.29) is 0 Å². The van der Waals surface area contributed by atoms with Gasteiger partial charge >= 0.3 is 0 Å². The molecule has 2 rings (SSSR count). The fourth-order valence-electron chi connectivity index (χ4n) is 2.94. The van der Waals surface area contributed by atoms with Gasteiger partial charge in [-0.05, 0) is 48.4 Å². The summed E-state index contributed by atoms with van der Waals surface area (Å²) >= 11 is 0. The molecular weight excluding hydrogens is 292 g/mol. The fraction of sp³-hybridized carbons (Fsp3) is 0.455. The molecule has 0 saturated carbocycles. The molecule has 1 aromatic carbocycles. The molecule has 0 aliphatic carbocycles. The zero-order chi connectivity index (χ0) is 17.7. The van der Waals surface area contributed by atoms with Crippen LogP contribution in [0.25, 0.3) is 0 Å². The minimum atomic E-state index is 0.453. The second-order valence-corrected chi connectivity index (χ2v) is 7.06. The van der Waals surface area contributed by atoms with Gasteiger partial charge in [0.25, 0.3) is 0 Å². The molecule has 0 fully saturated rings. The van der Waals surface area contributed by atoms with Crippen molar-refractivity contribution in [3.8, 4) is 0 Å². The van der Waals surface area contributed by atoms with E-state index in [0.717, 1.165) is 35.6 Å². The number of aryl methyl sites for hydroxylation is 1. The molecule has 0 saturated heterocycles. The molecule has 0 N–H and O–H groups in total. The van der Waals surface area contributed by atoms with Gasteiger partial charge in [-0.25, -0.2) is 0 Å². The number of hydrogen-bond acceptors (Lipinski definition) is 2. The van der Waals surface area contributed by atoms with E-state index in [1.807, 2.05) is 0 Å². The van der Waals surface area contributed by atoms with E-state index in [1.165, 1.54) is 11.1 Å². The van der Waals surface area contributed by atoms with Crippen molar-refractivity contribution < 1.29 is 0 Å². The molecule has 0 spiro atoms. The zero-order valence-corrected chi connectivity index (χ0v) is 15.9. The summed E-state index contributed by atoms with van der Waals surface area (Å²) in [5.74, 6) is 0.907. The van der Waals surface area contributed by atoms with E-state index in [2.05, 4.69) is 77.9 Å². The van der Waals surface area contributed by atoms with Gasteiger partial charge < -0.3 is 0 Å². The Bertz CT molecular complexity index is 685. The molecule has 0 bridgehead atoms. The van der Waals surface area contributed by atoms with Gasteiger partial charge in [-0.15, -0.1) is 0 Å². The SMILES string of the molecule is CCCc1cccc(/C(C)=N/c2c(C(C)C)cccc2C(C)C)n1. The molecule has 1 aromatic heterocycles.